The minimum atomic E-state index is -1.70. The van der Waals surface area contributed by atoms with Gasteiger partial charge in [-0.2, -0.15) is 0 Å². The molecule has 2 heteroatoms. The second-order valence-corrected chi connectivity index (χ2v) is 15.3. The maximum Gasteiger partial charge on any atom is 0.146 e. The van der Waals surface area contributed by atoms with Crippen molar-refractivity contribution in [1.29, 1.82) is 0 Å². The van der Waals surface area contributed by atoms with Crippen LogP contribution in [0.1, 0.15) is 90.8 Å². The van der Waals surface area contributed by atoms with Gasteiger partial charge in [0.25, 0.3) is 0 Å². The standard InChI is InChI=1S/C27H38SSi/c1-10-13-24(12-3)25(14-11-2)15-16-26-17-18-27(28-26)19-20-29(21(4)5,22(6)7)23(8)9/h3,17-18,21-23H,10-11,13-14H2,1-2,4-9H3. The molecule has 0 fully saturated rings. The first-order valence-electron chi connectivity index (χ1n) is 11.1. The lowest BCUT2D eigenvalue weighted by atomic mass is 10.0. The smallest absolute Gasteiger partial charge is 0.124 e. The van der Waals surface area contributed by atoms with E-state index in [1.165, 1.54) is 0 Å². The van der Waals surface area contributed by atoms with Crippen LogP contribution in [0.2, 0.25) is 16.6 Å². The third kappa shape index (κ3) is 6.68. The van der Waals surface area contributed by atoms with Crippen LogP contribution in [-0.2, 0) is 0 Å². The van der Waals surface area contributed by atoms with Crippen molar-refractivity contribution in [3.63, 3.8) is 0 Å². The predicted molar refractivity (Wildman–Crippen MR) is 135 cm³/mol. The van der Waals surface area contributed by atoms with E-state index < -0.39 is 8.07 Å². The molecule has 0 aromatic carbocycles. The van der Waals surface area contributed by atoms with Gasteiger partial charge in [-0.3, -0.25) is 0 Å². The third-order valence-corrected chi connectivity index (χ3v) is 13.0. The van der Waals surface area contributed by atoms with E-state index in [9.17, 15) is 0 Å². The summed E-state index contributed by atoms with van der Waals surface area (Å²) in [5, 5.41) is 0. The zero-order valence-corrected chi connectivity index (χ0v) is 21.5. The number of allylic oxidation sites excluding steroid dienone is 2. The van der Waals surface area contributed by atoms with Crippen LogP contribution < -0.4 is 0 Å². The molecule has 0 amide bonds. The van der Waals surface area contributed by atoms with E-state index in [0.29, 0.717) is 16.6 Å². The highest BCUT2D eigenvalue weighted by Gasteiger charge is 2.41. The summed E-state index contributed by atoms with van der Waals surface area (Å²) < 4.78 is 0. The van der Waals surface area contributed by atoms with Crippen molar-refractivity contribution in [3.05, 3.63) is 33.0 Å². The largest absolute Gasteiger partial charge is 0.146 e. The maximum absolute atomic E-state index is 5.73. The fourth-order valence-corrected chi connectivity index (χ4v) is 10.3. The van der Waals surface area contributed by atoms with Crippen LogP contribution >= 0.6 is 11.3 Å². The fourth-order valence-electron chi connectivity index (χ4n) is 4.31. The second-order valence-electron chi connectivity index (χ2n) is 8.66. The van der Waals surface area contributed by atoms with Crippen molar-refractivity contribution in [2.75, 3.05) is 0 Å². The summed E-state index contributed by atoms with van der Waals surface area (Å²) in [6, 6.07) is 4.23. The van der Waals surface area contributed by atoms with E-state index in [4.69, 9.17) is 6.42 Å². The van der Waals surface area contributed by atoms with E-state index >= 15 is 0 Å². The zero-order valence-electron chi connectivity index (χ0n) is 19.7. The Labute approximate surface area is 185 Å². The van der Waals surface area contributed by atoms with Gasteiger partial charge in [0.1, 0.15) is 8.07 Å². The molecule has 0 aliphatic carbocycles. The monoisotopic (exact) mass is 422 g/mol. The van der Waals surface area contributed by atoms with Gasteiger partial charge < -0.3 is 0 Å². The van der Waals surface area contributed by atoms with Crippen molar-refractivity contribution in [2.24, 2.45) is 0 Å². The van der Waals surface area contributed by atoms with Gasteiger partial charge in [-0.05, 0) is 41.6 Å². The molecule has 0 aliphatic heterocycles. The van der Waals surface area contributed by atoms with E-state index in [2.05, 4.69) is 96.7 Å². The van der Waals surface area contributed by atoms with Crippen molar-refractivity contribution in [1.82, 2.24) is 0 Å². The maximum atomic E-state index is 5.73. The number of terminal acetylenes is 1. The van der Waals surface area contributed by atoms with Gasteiger partial charge in [0, 0.05) is 11.1 Å². The number of hydrogen-bond acceptors (Lipinski definition) is 1. The van der Waals surface area contributed by atoms with Gasteiger partial charge in [-0.1, -0.05) is 91.9 Å². The van der Waals surface area contributed by atoms with Gasteiger partial charge in [0.2, 0.25) is 0 Å². The first-order chi connectivity index (χ1) is 13.7. The minimum absolute atomic E-state index is 0.650. The van der Waals surface area contributed by atoms with Gasteiger partial charge >= 0.3 is 0 Å². The van der Waals surface area contributed by atoms with Gasteiger partial charge in [0.15, 0.2) is 0 Å². The molecule has 0 radical (unpaired) electrons. The molecule has 0 nitrogen and oxygen atoms in total. The number of hydrogen-bond donors (Lipinski definition) is 0. The average molecular weight is 423 g/mol. The summed E-state index contributed by atoms with van der Waals surface area (Å²) in [5.41, 5.74) is 7.95. The Morgan fingerprint density at radius 3 is 1.79 bits per heavy atom. The number of thiophene rings is 1. The molecule has 156 valence electrons. The zero-order chi connectivity index (χ0) is 22.0. The quantitative estimate of drug-likeness (QED) is 0.307. The van der Waals surface area contributed by atoms with E-state index in [1.54, 1.807) is 11.3 Å². The predicted octanol–water partition coefficient (Wildman–Crippen LogP) is 8.20. The van der Waals surface area contributed by atoms with Crippen LogP contribution in [0.4, 0.5) is 0 Å². The molecule has 1 aromatic heterocycles. The van der Waals surface area contributed by atoms with Crippen molar-refractivity contribution in [3.8, 4) is 35.6 Å². The molecular formula is C27H38SSi. The molecule has 1 heterocycles. The normalized spacial score (nSPS) is 12.2. The van der Waals surface area contributed by atoms with Crippen LogP contribution in [0, 0.1) is 35.6 Å². The molecule has 0 unspecified atom stereocenters. The lowest BCUT2D eigenvalue weighted by Gasteiger charge is -2.38. The van der Waals surface area contributed by atoms with Crippen LogP contribution in [-0.4, -0.2) is 8.07 Å². The van der Waals surface area contributed by atoms with Crippen molar-refractivity contribution < 1.29 is 0 Å². The lowest BCUT2D eigenvalue weighted by molar-refractivity contribution is 0.838. The lowest BCUT2D eigenvalue weighted by Crippen LogP contribution is -2.43. The minimum Gasteiger partial charge on any atom is -0.124 e. The summed E-state index contributed by atoms with van der Waals surface area (Å²) >= 11 is 1.70. The van der Waals surface area contributed by atoms with Crippen molar-refractivity contribution >= 4 is 19.4 Å². The fraction of sp³-hybridized carbons (Fsp3) is 0.556. The molecular weight excluding hydrogens is 384 g/mol. The summed E-state index contributed by atoms with van der Waals surface area (Å²) in [4.78, 5) is 2.20. The Kier molecular flexibility index (Phi) is 10.6. The Bertz CT molecular complexity index is 828. The Morgan fingerprint density at radius 1 is 0.862 bits per heavy atom. The van der Waals surface area contributed by atoms with Crippen LogP contribution in [0.25, 0.3) is 0 Å². The summed E-state index contributed by atoms with van der Waals surface area (Å²) in [6.07, 6.45) is 9.74. The highest BCUT2D eigenvalue weighted by molar-refractivity contribution is 7.13. The van der Waals surface area contributed by atoms with E-state index in [1.807, 2.05) is 0 Å². The molecule has 0 saturated heterocycles. The molecule has 29 heavy (non-hydrogen) atoms. The van der Waals surface area contributed by atoms with Gasteiger partial charge in [-0.25, -0.2) is 0 Å². The highest BCUT2D eigenvalue weighted by Crippen LogP contribution is 2.40. The van der Waals surface area contributed by atoms with Gasteiger partial charge in [-0.15, -0.1) is 23.3 Å². The molecule has 0 aliphatic rings. The van der Waals surface area contributed by atoms with Gasteiger partial charge in [0.05, 0.1) is 9.75 Å². The summed E-state index contributed by atoms with van der Waals surface area (Å²) in [6.45, 7) is 18.5. The van der Waals surface area contributed by atoms with Crippen molar-refractivity contribution in [2.45, 2.75) is 97.7 Å². The summed E-state index contributed by atoms with van der Waals surface area (Å²) in [5.74, 6) is 13.1. The first-order valence-corrected chi connectivity index (χ1v) is 14.1. The summed E-state index contributed by atoms with van der Waals surface area (Å²) in [7, 11) is -1.70. The SMILES string of the molecule is C#CC(CCC)=C(C#Cc1ccc(C#C[Si](C(C)C)(C(C)C)C(C)C)s1)CCC. The topological polar surface area (TPSA) is 0 Å². The molecule has 1 rings (SSSR count). The van der Waals surface area contributed by atoms with E-state index in [0.717, 1.165) is 46.6 Å². The molecule has 0 N–H and O–H groups in total. The van der Waals surface area contributed by atoms with Crippen LogP contribution in [0.15, 0.2) is 23.3 Å². The molecule has 0 atom stereocenters. The molecule has 0 bridgehead atoms. The van der Waals surface area contributed by atoms with Crippen LogP contribution in [0.3, 0.4) is 0 Å². The van der Waals surface area contributed by atoms with Crippen LogP contribution in [0.5, 0.6) is 0 Å². The second kappa shape index (κ2) is 12.1. The highest BCUT2D eigenvalue weighted by atomic mass is 32.1. The third-order valence-electron chi connectivity index (χ3n) is 5.75. The number of rotatable bonds is 7. The Balaban J connectivity index is 3.22. The molecule has 0 spiro atoms. The average Bonchev–Trinajstić information content (AvgIpc) is 3.11. The van der Waals surface area contributed by atoms with E-state index in [-0.39, 0.29) is 0 Å². The first kappa shape index (κ1) is 25.4. The Hall–Kier alpha value is -1.66. The Morgan fingerprint density at radius 2 is 1.34 bits per heavy atom. The molecule has 1 aromatic rings. The molecule has 0 saturated carbocycles.